The van der Waals surface area contributed by atoms with Gasteiger partial charge in [0.2, 0.25) is 10.0 Å². The summed E-state index contributed by atoms with van der Waals surface area (Å²) in [7, 11) is -4.00. The molecule has 3 N–H and O–H groups in total. The second-order valence-corrected chi connectivity index (χ2v) is 8.59. The van der Waals surface area contributed by atoms with Crippen molar-refractivity contribution in [3.8, 4) is 0 Å². The molecule has 0 aromatic heterocycles. The van der Waals surface area contributed by atoms with Crippen LogP contribution in [0, 0.1) is 0 Å². The lowest BCUT2D eigenvalue weighted by Crippen LogP contribution is -2.38. The number of benzene rings is 2. The molecule has 168 valence electrons. The van der Waals surface area contributed by atoms with Crippen LogP contribution in [0.3, 0.4) is 0 Å². The fraction of sp³-hybridized carbons (Fsp3) is 0.350. The number of rotatable bonds is 6. The quantitative estimate of drug-likeness (QED) is 0.692. The molecular formula is C20H22F3N3O4S. The number of morpholine rings is 1. The number of amides is 1. The van der Waals surface area contributed by atoms with Crippen LogP contribution in [0.4, 0.5) is 18.9 Å². The number of hydrogen-bond donors (Lipinski definition) is 2. The summed E-state index contributed by atoms with van der Waals surface area (Å²) < 4.78 is 66.7. The highest BCUT2D eigenvalue weighted by Crippen LogP contribution is 2.29. The number of halogens is 3. The number of ether oxygens (including phenoxy) is 1. The summed E-state index contributed by atoms with van der Waals surface area (Å²) in [5.41, 5.74) is 0.596. The van der Waals surface area contributed by atoms with Crippen molar-refractivity contribution in [3.63, 3.8) is 0 Å². The second kappa shape index (κ2) is 9.25. The molecule has 3 rings (SSSR count). The first-order chi connectivity index (χ1) is 14.6. The Balaban J connectivity index is 1.73. The van der Waals surface area contributed by atoms with Crippen LogP contribution in [-0.4, -0.2) is 47.2 Å². The first-order valence-corrected chi connectivity index (χ1v) is 11.0. The van der Waals surface area contributed by atoms with Gasteiger partial charge < -0.3 is 15.0 Å². The fourth-order valence-corrected chi connectivity index (χ4v) is 3.77. The number of nitrogens with zero attached hydrogens (tertiary/aromatic N) is 1. The van der Waals surface area contributed by atoms with E-state index in [1.165, 1.54) is 30.3 Å². The summed E-state index contributed by atoms with van der Waals surface area (Å²) in [6.45, 7) is 2.20. The van der Waals surface area contributed by atoms with Gasteiger partial charge in [-0.1, -0.05) is 12.1 Å². The van der Waals surface area contributed by atoms with E-state index in [2.05, 4.69) is 5.32 Å². The molecule has 7 nitrogen and oxygen atoms in total. The molecule has 0 atom stereocenters. The van der Waals surface area contributed by atoms with E-state index in [0.717, 1.165) is 12.1 Å². The SMILES string of the molecule is NS(=O)(=O)c1ccc(N2CCOCC2)c(C(=O)NCCc2ccc(C(F)(F)F)cc2)c1. The fourth-order valence-electron chi connectivity index (χ4n) is 3.23. The minimum Gasteiger partial charge on any atom is -0.378 e. The molecule has 1 fully saturated rings. The minimum atomic E-state index is -4.41. The number of carbonyl (C=O) groups excluding carboxylic acids is 1. The summed E-state index contributed by atoms with van der Waals surface area (Å²) in [6.07, 6.45) is -4.09. The molecule has 2 aromatic rings. The predicted molar refractivity (Wildman–Crippen MR) is 108 cm³/mol. The zero-order valence-electron chi connectivity index (χ0n) is 16.5. The van der Waals surface area contributed by atoms with Gasteiger partial charge in [-0.05, 0) is 42.3 Å². The van der Waals surface area contributed by atoms with E-state index in [4.69, 9.17) is 9.88 Å². The minimum absolute atomic E-state index is 0.154. The lowest BCUT2D eigenvalue weighted by Gasteiger charge is -2.30. The van der Waals surface area contributed by atoms with Crippen molar-refractivity contribution >= 4 is 21.6 Å². The van der Waals surface area contributed by atoms with Crippen molar-refractivity contribution in [1.82, 2.24) is 5.32 Å². The normalized spacial score (nSPS) is 15.0. The van der Waals surface area contributed by atoms with Crippen molar-refractivity contribution in [3.05, 3.63) is 59.2 Å². The number of primary sulfonamides is 1. The monoisotopic (exact) mass is 457 g/mol. The number of carbonyl (C=O) groups is 1. The van der Waals surface area contributed by atoms with E-state index in [1.807, 2.05) is 4.90 Å². The van der Waals surface area contributed by atoms with Crippen LogP contribution in [0.25, 0.3) is 0 Å². The average molecular weight is 457 g/mol. The molecule has 1 aliphatic rings. The van der Waals surface area contributed by atoms with Crippen molar-refractivity contribution < 1.29 is 31.1 Å². The van der Waals surface area contributed by atoms with Crippen LogP contribution in [0.2, 0.25) is 0 Å². The Morgan fingerprint density at radius 3 is 2.32 bits per heavy atom. The maximum atomic E-state index is 12.8. The first-order valence-electron chi connectivity index (χ1n) is 9.49. The van der Waals surface area contributed by atoms with Gasteiger partial charge in [0.15, 0.2) is 0 Å². The molecule has 0 radical (unpaired) electrons. The van der Waals surface area contributed by atoms with Crippen LogP contribution in [-0.2, 0) is 27.4 Å². The number of alkyl halides is 3. The zero-order valence-corrected chi connectivity index (χ0v) is 17.3. The molecule has 0 spiro atoms. The van der Waals surface area contributed by atoms with Crippen molar-refractivity contribution in [1.29, 1.82) is 0 Å². The van der Waals surface area contributed by atoms with Crippen LogP contribution >= 0.6 is 0 Å². The van der Waals surface area contributed by atoms with Gasteiger partial charge in [0.25, 0.3) is 5.91 Å². The topological polar surface area (TPSA) is 102 Å². The van der Waals surface area contributed by atoms with E-state index in [9.17, 15) is 26.4 Å². The highest BCUT2D eigenvalue weighted by Gasteiger charge is 2.30. The van der Waals surface area contributed by atoms with Crippen LogP contribution in [0.5, 0.6) is 0 Å². The summed E-state index contributed by atoms with van der Waals surface area (Å²) in [5.74, 6) is -0.501. The van der Waals surface area contributed by atoms with E-state index in [-0.39, 0.29) is 17.0 Å². The molecule has 31 heavy (non-hydrogen) atoms. The molecule has 0 aliphatic carbocycles. The number of nitrogens with one attached hydrogen (secondary N) is 1. The number of nitrogens with two attached hydrogens (primary N) is 1. The van der Waals surface area contributed by atoms with E-state index >= 15 is 0 Å². The van der Waals surface area contributed by atoms with Gasteiger partial charge in [-0.25, -0.2) is 13.6 Å². The molecular weight excluding hydrogens is 435 g/mol. The van der Waals surface area contributed by atoms with E-state index in [1.54, 1.807) is 0 Å². The maximum absolute atomic E-state index is 12.8. The van der Waals surface area contributed by atoms with E-state index < -0.39 is 27.7 Å². The Morgan fingerprint density at radius 1 is 1.10 bits per heavy atom. The van der Waals surface area contributed by atoms with Gasteiger partial charge >= 0.3 is 6.18 Å². The van der Waals surface area contributed by atoms with Gasteiger partial charge in [0, 0.05) is 25.3 Å². The van der Waals surface area contributed by atoms with Crippen molar-refractivity contribution in [2.24, 2.45) is 5.14 Å². The Morgan fingerprint density at radius 2 is 1.74 bits per heavy atom. The summed E-state index contributed by atoms with van der Waals surface area (Å²) in [5, 5.41) is 7.90. The molecule has 1 amide bonds. The lowest BCUT2D eigenvalue weighted by molar-refractivity contribution is -0.137. The third-order valence-electron chi connectivity index (χ3n) is 4.87. The number of hydrogen-bond acceptors (Lipinski definition) is 5. The molecule has 11 heteroatoms. The van der Waals surface area contributed by atoms with Crippen LogP contribution in [0.1, 0.15) is 21.5 Å². The summed E-state index contributed by atoms with van der Waals surface area (Å²) in [6, 6.07) is 8.81. The summed E-state index contributed by atoms with van der Waals surface area (Å²) >= 11 is 0. The van der Waals surface area contributed by atoms with Crippen molar-refractivity contribution in [2.45, 2.75) is 17.5 Å². The molecule has 1 saturated heterocycles. The molecule has 0 bridgehead atoms. The maximum Gasteiger partial charge on any atom is 0.416 e. The molecule has 0 unspecified atom stereocenters. The Kier molecular flexibility index (Phi) is 6.87. The third kappa shape index (κ3) is 5.96. The van der Waals surface area contributed by atoms with Crippen LogP contribution < -0.4 is 15.4 Å². The van der Waals surface area contributed by atoms with Gasteiger partial charge in [-0.3, -0.25) is 4.79 Å². The third-order valence-corrected chi connectivity index (χ3v) is 5.78. The predicted octanol–water partition coefficient (Wildman–Crippen LogP) is 2.16. The Bertz CT molecular complexity index is 1030. The Labute approximate surface area is 178 Å². The average Bonchev–Trinajstić information content (AvgIpc) is 2.73. The molecule has 0 saturated carbocycles. The highest BCUT2D eigenvalue weighted by molar-refractivity contribution is 7.89. The number of anilines is 1. The van der Waals surface area contributed by atoms with Gasteiger partial charge in [-0.15, -0.1) is 0 Å². The van der Waals surface area contributed by atoms with Gasteiger partial charge in [0.1, 0.15) is 0 Å². The first kappa shape index (κ1) is 23.0. The smallest absolute Gasteiger partial charge is 0.378 e. The lowest BCUT2D eigenvalue weighted by atomic mass is 10.1. The highest BCUT2D eigenvalue weighted by atomic mass is 32.2. The largest absolute Gasteiger partial charge is 0.416 e. The molecule has 2 aromatic carbocycles. The van der Waals surface area contributed by atoms with Crippen molar-refractivity contribution in [2.75, 3.05) is 37.7 Å². The second-order valence-electron chi connectivity index (χ2n) is 7.02. The zero-order chi connectivity index (χ0) is 22.6. The number of sulfonamides is 1. The molecule has 1 heterocycles. The summed E-state index contributed by atoms with van der Waals surface area (Å²) in [4.78, 5) is 14.5. The standard InChI is InChI=1S/C20H22F3N3O4S/c21-20(22,23)15-3-1-14(2-4-15)7-8-25-19(27)17-13-16(31(24,28)29)5-6-18(17)26-9-11-30-12-10-26/h1-6,13H,7-12H2,(H,25,27)(H2,24,28,29). The van der Waals surface area contributed by atoms with Crippen LogP contribution in [0.15, 0.2) is 47.4 Å². The molecule has 1 aliphatic heterocycles. The van der Waals surface area contributed by atoms with Gasteiger partial charge in [-0.2, -0.15) is 13.2 Å². The Hall–Kier alpha value is -2.63. The van der Waals surface area contributed by atoms with E-state index in [0.29, 0.717) is 44.0 Å². The van der Waals surface area contributed by atoms with Gasteiger partial charge in [0.05, 0.1) is 29.2 Å².